The molecule has 0 fully saturated rings. The van der Waals surface area contributed by atoms with Gasteiger partial charge in [0.1, 0.15) is 0 Å². The molecule has 0 aliphatic carbocycles. The predicted octanol–water partition coefficient (Wildman–Crippen LogP) is 5.83. The van der Waals surface area contributed by atoms with Crippen LogP contribution in [-0.4, -0.2) is 79.8 Å². The Hall–Kier alpha value is -5.15. The third-order valence-corrected chi connectivity index (χ3v) is 14.0. The standard InChI is InChI=1S/C45H66N6O10/c1-11-44(9)29(18-37(60)61)40(25(5)45(10,21-33(47)53)27(13-16-35(56)57)38(48)23(2)3)51-41(44)24(4)39-28(14-17-36(58)59)42(6,7)31(50-39)19-30-26(12-15-34(54)55)43(8,22-49-30)20-32(46)52/h1,19,22,25-29,40H,11-18,20-21,48H2,2-10H3,(H2,46,52)(H2,47,53)(H,54,55)(H,56,57)(H,58,59)(H,60,61)/b30-19-,39-24-. The average Bonchev–Trinajstić information content (AvgIpc) is 3.69. The zero-order valence-electron chi connectivity index (χ0n) is 37.1. The normalized spacial score (nSPS) is 29.0. The van der Waals surface area contributed by atoms with Gasteiger partial charge in [0.15, 0.2) is 0 Å². The molecule has 3 aliphatic rings. The Balaban J connectivity index is 2.39. The number of allylic oxidation sites excluding steroid dienone is 6. The van der Waals surface area contributed by atoms with Crippen molar-refractivity contribution in [1.82, 2.24) is 0 Å². The zero-order chi connectivity index (χ0) is 46.6. The molecule has 16 heteroatoms. The highest BCUT2D eigenvalue weighted by molar-refractivity contribution is 6.09. The fourth-order valence-electron chi connectivity index (χ4n) is 10.2. The number of rotatable bonds is 22. The Morgan fingerprint density at radius 3 is 1.90 bits per heavy atom. The van der Waals surface area contributed by atoms with E-state index in [1.54, 1.807) is 33.1 Å². The summed E-state index contributed by atoms with van der Waals surface area (Å²) in [5.41, 5.74) is 18.1. The summed E-state index contributed by atoms with van der Waals surface area (Å²) >= 11 is 0. The lowest BCUT2D eigenvalue weighted by Gasteiger charge is -2.46. The van der Waals surface area contributed by atoms with E-state index in [9.17, 15) is 49.2 Å². The molecule has 3 heterocycles. The minimum absolute atomic E-state index is 0.0368. The van der Waals surface area contributed by atoms with Crippen LogP contribution in [0.15, 0.2) is 49.3 Å². The van der Waals surface area contributed by atoms with Crippen LogP contribution in [0.25, 0.3) is 0 Å². The quantitative estimate of drug-likeness (QED) is 0.0680. The molecule has 9 atom stereocenters. The first-order valence-electron chi connectivity index (χ1n) is 20.8. The van der Waals surface area contributed by atoms with Gasteiger partial charge in [-0.05, 0) is 76.4 Å². The van der Waals surface area contributed by atoms with Crippen LogP contribution in [0.3, 0.4) is 0 Å². The molecule has 3 rings (SSSR count). The van der Waals surface area contributed by atoms with E-state index in [-0.39, 0.29) is 64.2 Å². The van der Waals surface area contributed by atoms with Crippen molar-refractivity contribution in [3.05, 3.63) is 41.2 Å². The summed E-state index contributed by atoms with van der Waals surface area (Å²) < 4.78 is 0. The second-order valence-electron chi connectivity index (χ2n) is 18.8. The second-order valence-corrected chi connectivity index (χ2v) is 18.8. The van der Waals surface area contributed by atoms with Crippen LogP contribution in [0.5, 0.6) is 0 Å². The van der Waals surface area contributed by atoms with Crippen molar-refractivity contribution in [3.8, 4) is 0 Å². The van der Waals surface area contributed by atoms with E-state index in [2.05, 4.69) is 4.99 Å². The molecule has 3 aliphatic heterocycles. The van der Waals surface area contributed by atoms with Gasteiger partial charge in [0.25, 0.3) is 0 Å². The number of aliphatic imine (C=N–C) groups is 3. The molecule has 10 N–H and O–H groups in total. The van der Waals surface area contributed by atoms with Gasteiger partial charge in [0.05, 0.1) is 12.5 Å². The number of hydrogen-bond donors (Lipinski definition) is 7. The molecular formula is C45H66N6O10. The average molecular weight is 851 g/mol. The lowest BCUT2D eigenvalue weighted by atomic mass is 9.57. The summed E-state index contributed by atoms with van der Waals surface area (Å²) in [6.07, 6.45) is 2.55. The number of amides is 2. The van der Waals surface area contributed by atoms with E-state index in [0.29, 0.717) is 34.1 Å². The highest BCUT2D eigenvalue weighted by Crippen LogP contribution is 2.56. The summed E-state index contributed by atoms with van der Waals surface area (Å²) in [6.45, 7) is 23.2. The molecular weight excluding hydrogens is 785 g/mol. The molecule has 0 aromatic heterocycles. The first kappa shape index (κ1) is 50.2. The molecule has 2 amide bonds. The van der Waals surface area contributed by atoms with Gasteiger partial charge in [-0.25, -0.2) is 0 Å². The number of carboxylic acid groups (broad SMARTS) is 4. The van der Waals surface area contributed by atoms with Gasteiger partial charge in [0, 0.05) is 107 Å². The summed E-state index contributed by atoms with van der Waals surface area (Å²) in [5.74, 6) is -8.35. The van der Waals surface area contributed by atoms with Gasteiger partial charge in [-0.15, -0.1) is 0 Å². The number of aliphatic carboxylic acids is 4. The fourth-order valence-corrected chi connectivity index (χ4v) is 10.2. The minimum atomic E-state index is -1.10. The molecule has 16 nitrogen and oxygen atoms in total. The van der Waals surface area contributed by atoms with Crippen LogP contribution < -0.4 is 17.2 Å². The van der Waals surface area contributed by atoms with E-state index < -0.39 is 93.0 Å². The maximum atomic E-state index is 12.9. The first-order valence-corrected chi connectivity index (χ1v) is 20.8. The maximum absolute atomic E-state index is 12.9. The van der Waals surface area contributed by atoms with Gasteiger partial charge in [-0.1, -0.05) is 47.1 Å². The largest absolute Gasteiger partial charge is 0.481 e. The molecule has 0 saturated heterocycles. The highest BCUT2D eigenvalue weighted by atomic mass is 16.4. The van der Waals surface area contributed by atoms with E-state index in [0.717, 1.165) is 5.57 Å². The second kappa shape index (κ2) is 19.3. The monoisotopic (exact) mass is 850 g/mol. The van der Waals surface area contributed by atoms with Crippen molar-refractivity contribution in [2.75, 3.05) is 0 Å². The molecule has 61 heavy (non-hydrogen) atoms. The smallest absolute Gasteiger partial charge is 0.303 e. The summed E-state index contributed by atoms with van der Waals surface area (Å²) in [4.78, 5) is 88.4. The van der Waals surface area contributed by atoms with Crippen molar-refractivity contribution >= 4 is 53.3 Å². The summed E-state index contributed by atoms with van der Waals surface area (Å²) in [6, 6.07) is -0.778. The molecule has 0 aromatic rings. The zero-order valence-corrected chi connectivity index (χ0v) is 37.1. The van der Waals surface area contributed by atoms with Crippen molar-refractivity contribution in [2.24, 2.45) is 83.4 Å². The van der Waals surface area contributed by atoms with Crippen molar-refractivity contribution in [3.63, 3.8) is 0 Å². The number of carboxylic acids is 4. The lowest BCUT2D eigenvalue weighted by Crippen LogP contribution is -2.47. The molecule has 0 spiro atoms. The topological polar surface area (TPSA) is 298 Å². The number of primary amides is 2. The van der Waals surface area contributed by atoms with Gasteiger partial charge in [-0.2, -0.15) is 0 Å². The predicted molar refractivity (Wildman–Crippen MR) is 231 cm³/mol. The van der Waals surface area contributed by atoms with Crippen molar-refractivity contribution in [1.29, 1.82) is 0 Å². The third kappa shape index (κ3) is 10.8. The van der Waals surface area contributed by atoms with Crippen LogP contribution in [0.1, 0.15) is 127 Å². The molecule has 2 radical (unpaired) electrons. The molecule has 336 valence electrons. The van der Waals surface area contributed by atoms with Gasteiger partial charge < -0.3 is 37.6 Å². The molecule has 9 unspecified atom stereocenters. The van der Waals surface area contributed by atoms with Gasteiger partial charge >= 0.3 is 23.9 Å². The van der Waals surface area contributed by atoms with Crippen LogP contribution in [0, 0.1) is 58.2 Å². The van der Waals surface area contributed by atoms with E-state index in [1.165, 1.54) is 0 Å². The van der Waals surface area contributed by atoms with E-state index in [4.69, 9.17) is 34.1 Å². The SMILES string of the molecule is [CH]CC1(C)C(/C(C)=C2N=C(/C=C3\N=CC(C)(CC(N)=O)C3CCC(=O)O)C(C)(C)C\2CCC(=O)O)=NC(C(C)C(C)(CC(N)=O)C(CCC(=O)O)C(N)=C(C)C)C1CC(=O)O. The Morgan fingerprint density at radius 2 is 1.43 bits per heavy atom. The fraction of sp³-hybridized carbons (Fsp3) is 0.644. The Morgan fingerprint density at radius 1 is 0.869 bits per heavy atom. The lowest BCUT2D eigenvalue weighted by molar-refractivity contribution is -0.140. The number of carbonyl (C=O) groups excluding carboxylic acids is 2. The van der Waals surface area contributed by atoms with Crippen LogP contribution >= 0.6 is 0 Å². The molecule has 0 saturated carbocycles. The number of carbonyl (C=O) groups is 6. The first-order chi connectivity index (χ1) is 28.1. The minimum Gasteiger partial charge on any atom is -0.481 e. The maximum Gasteiger partial charge on any atom is 0.303 e. The molecule has 0 bridgehead atoms. The Bertz CT molecular complexity index is 1970. The van der Waals surface area contributed by atoms with E-state index >= 15 is 0 Å². The van der Waals surface area contributed by atoms with Gasteiger partial charge in [0.2, 0.25) is 11.8 Å². The Labute approximate surface area is 359 Å². The number of nitrogens with two attached hydrogens (primary N) is 3. The molecule has 0 aromatic carbocycles. The summed E-state index contributed by atoms with van der Waals surface area (Å²) in [5, 5.41) is 39.5. The highest BCUT2D eigenvalue weighted by Gasteiger charge is 2.56. The van der Waals surface area contributed by atoms with E-state index in [1.807, 2.05) is 41.5 Å². The van der Waals surface area contributed by atoms with Crippen molar-refractivity contribution < 1.29 is 49.2 Å². The van der Waals surface area contributed by atoms with Crippen LogP contribution in [0.4, 0.5) is 0 Å². The number of nitrogens with zero attached hydrogens (tertiary/aromatic N) is 3. The van der Waals surface area contributed by atoms with Gasteiger partial charge in [-0.3, -0.25) is 43.7 Å². The van der Waals surface area contributed by atoms with Crippen LogP contribution in [0.2, 0.25) is 0 Å². The number of hydrogen-bond acceptors (Lipinski definition) is 10. The third-order valence-electron chi connectivity index (χ3n) is 14.0. The van der Waals surface area contributed by atoms with Crippen LogP contribution in [-0.2, 0) is 28.8 Å². The Kier molecular flexibility index (Phi) is 15.9. The summed E-state index contributed by atoms with van der Waals surface area (Å²) in [7, 11) is 0. The van der Waals surface area contributed by atoms with Crippen molar-refractivity contribution in [2.45, 2.75) is 133 Å².